The summed E-state index contributed by atoms with van der Waals surface area (Å²) >= 11 is 0. The van der Waals surface area contributed by atoms with Gasteiger partial charge in [0.15, 0.2) is 9.84 Å². The van der Waals surface area contributed by atoms with Gasteiger partial charge in [-0.05, 0) is 38.0 Å². The first-order valence-corrected chi connectivity index (χ1v) is 11.0. The van der Waals surface area contributed by atoms with E-state index in [0.717, 1.165) is 11.1 Å². The first-order valence-electron chi connectivity index (χ1n) is 9.38. The molecule has 30 heavy (non-hydrogen) atoms. The fourth-order valence-electron chi connectivity index (χ4n) is 3.51. The van der Waals surface area contributed by atoms with Crippen LogP contribution in [0.2, 0.25) is 0 Å². The van der Waals surface area contributed by atoms with Crippen molar-refractivity contribution >= 4 is 21.8 Å². The van der Waals surface area contributed by atoms with E-state index >= 15 is 0 Å². The van der Waals surface area contributed by atoms with Gasteiger partial charge in [-0.2, -0.15) is 0 Å². The van der Waals surface area contributed by atoms with Crippen LogP contribution in [0.4, 0.5) is 4.79 Å². The van der Waals surface area contributed by atoms with Crippen LogP contribution in [-0.2, 0) is 19.4 Å². The fourth-order valence-corrected chi connectivity index (χ4v) is 5.10. The maximum Gasteiger partial charge on any atom is 0.338 e. The molecule has 0 unspecified atom stereocenters. The maximum absolute atomic E-state index is 13.1. The second-order valence-corrected chi connectivity index (χ2v) is 9.31. The van der Waals surface area contributed by atoms with E-state index in [4.69, 9.17) is 4.74 Å². The quantitative estimate of drug-likeness (QED) is 0.713. The molecule has 158 valence electrons. The zero-order chi connectivity index (χ0) is 22.1. The number of aryl methyl sites for hydroxylation is 3. The summed E-state index contributed by atoms with van der Waals surface area (Å²) in [6, 6.07) is 10.9. The third-order valence-electron chi connectivity index (χ3n) is 4.97. The Labute approximate surface area is 176 Å². The average molecular weight is 429 g/mol. The van der Waals surface area contributed by atoms with E-state index in [1.54, 1.807) is 37.3 Å². The molecule has 7 nitrogen and oxygen atoms in total. The number of hydrogen-bond acceptors (Lipinski definition) is 5. The van der Waals surface area contributed by atoms with Crippen molar-refractivity contribution in [2.45, 2.75) is 31.7 Å². The van der Waals surface area contributed by atoms with Crippen LogP contribution in [0.3, 0.4) is 0 Å². The van der Waals surface area contributed by atoms with Gasteiger partial charge in [-0.1, -0.05) is 47.5 Å². The van der Waals surface area contributed by atoms with E-state index in [1.807, 2.05) is 26.0 Å². The van der Waals surface area contributed by atoms with Crippen LogP contribution >= 0.6 is 0 Å². The molecule has 1 aliphatic heterocycles. The number of urea groups is 1. The second-order valence-electron chi connectivity index (χ2n) is 7.35. The van der Waals surface area contributed by atoms with Crippen molar-refractivity contribution in [1.82, 2.24) is 10.6 Å². The molecule has 2 N–H and O–H groups in total. The summed E-state index contributed by atoms with van der Waals surface area (Å²) in [4.78, 5) is 25.1. The van der Waals surface area contributed by atoms with Gasteiger partial charge in [-0.3, -0.25) is 0 Å². The fraction of sp³-hybridized carbons (Fsp3) is 0.273. The topological polar surface area (TPSA) is 102 Å². The molecular formula is C22H24N2O5S. The van der Waals surface area contributed by atoms with Gasteiger partial charge in [0.05, 0.1) is 29.4 Å². The summed E-state index contributed by atoms with van der Waals surface area (Å²) in [6.07, 6.45) is 0. The molecule has 3 rings (SSSR count). The second kappa shape index (κ2) is 8.31. The molecule has 0 fully saturated rings. The SMILES string of the molecule is COC(=O)C1=C(CS(=O)(=O)c2ccc(C)cc2C)NC(=O)N[C@@H]1c1ccc(C)cc1. The third-order valence-corrected chi connectivity index (χ3v) is 6.77. The Morgan fingerprint density at radius 3 is 2.27 bits per heavy atom. The zero-order valence-electron chi connectivity index (χ0n) is 17.3. The van der Waals surface area contributed by atoms with E-state index in [-0.39, 0.29) is 16.2 Å². The Bertz CT molecular complexity index is 1130. The molecule has 0 spiro atoms. The standard InChI is InChI=1S/C22H24N2O5S/c1-13-5-8-16(9-6-13)20-19(21(25)29-4)17(23-22(26)24-20)12-30(27,28)18-10-7-14(2)11-15(18)3/h5-11,20H,12H2,1-4H3,(H2,23,24,26)/t20-/m1/s1. The van der Waals surface area contributed by atoms with Crippen LogP contribution in [0.1, 0.15) is 28.3 Å². The molecule has 2 aromatic carbocycles. The van der Waals surface area contributed by atoms with Gasteiger partial charge in [0, 0.05) is 5.70 Å². The monoisotopic (exact) mass is 428 g/mol. The maximum atomic E-state index is 13.1. The van der Waals surface area contributed by atoms with Gasteiger partial charge in [-0.25, -0.2) is 18.0 Å². The Morgan fingerprint density at radius 1 is 1.03 bits per heavy atom. The van der Waals surface area contributed by atoms with E-state index in [0.29, 0.717) is 11.1 Å². The number of esters is 1. The Kier molecular flexibility index (Phi) is 5.98. The van der Waals surface area contributed by atoms with Gasteiger partial charge in [-0.15, -0.1) is 0 Å². The summed E-state index contributed by atoms with van der Waals surface area (Å²) in [7, 11) is -2.61. The lowest BCUT2D eigenvalue weighted by molar-refractivity contribution is -0.136. The highest BCUT2D eigenvalue weighted by atomic mass is 32.2. The minimum atomic E-state index is -3.83. The van der Waals surface area contributed by atoms with Gasteiger partial charge >= 0.3 is 12.0 Å². The van der Waals surface area contributed by atoms with Crippen molar-refractivity contribution in [3.63, 3.8) is 0 Å². The van der Waals surface area contributed by atoms with Gasteiger partial charge in [0.1, 0.15) is 0 Å². The number of rotatable bonds is 5. The van der Waals surface area contributed by atoms with Crippen LogP contribution in [-0.4, -0.2) is 33.3 Å². The molecule has 0 aromatic heterocycles. The lowest BCUT2D eigenvalue weighted by Gasteiger charge is -2.29. The lowest BCUT2D eigenvalue weighted by Crippen LogP contribution is -2.47. The minimum absolute atomic E-state index is 0.0103. The average Bonchev–Trinajstić information content (AvgIpc) is 2.67. The van der Waals surface area contributed by atoms with Gasteiger partial charge < -0.3 is 15.4 Å². The largest absolute Gasteiger partial charge is 0.466 e. The first kappa shape index (κ1) is 21.6. The van der Waals surface area contributed by atoms with Crippen molar-refractivity contribution in [1.29, 1.82) is 0 Å². The summed E-state index contributed by atoms with van der Waals surface area (Å²) in [5, 5.41) is 5.19. The number of nitrogens with one attached hydrogen (secondary N) is 2. The highest BCUT2D eigenvalue weighted by molar-refractivity contribution is 7.91. The predicted octanol–water partition coefficient (Wildman–Crippen LogP) is 2.87. The van der Waals surface area contributed by atoms with E-state index in [9.17, 15) is 18.0 Å². The van der Waals surface area contributed by atoms with Crippen LogP contribution < -0.4 is 10.6 Å². The third kappa shape index (κ3) is 4.38. The Morgan fingerprint density at radius 2 is 1.67 bits per heavy atom. The predicted molar refractivity (Wildman–Crippen MR) is 113 cm³/mol. The number of sulfone groups is 1. The van der Waals surface area contributed by atoms with Crippen molar-refractivity contribution in [2.75, 3.05) is 12.9 Å². The number of benzene rings is 2. The normalized spacial score (nSPS) is 16.7. The molecule has 0 saturated carbocycles. The highest BCUT2D eigenvalue weighted by Crippen LogP contribution is 2.30. The van der Waals surface area contributed by atoms with E-state index in [2.05, 4.69) is 10.6 Å². The van der Waals surface area contributed by atoms with Crippen LogP contribution in [0, 0.1) is 20.8 Å². The van der Waals surface area contributed by atoms with Crippen LogP contribution in [0.25, 0.3) is 0 Å². The molecular weight excluding hydrogens is 404 g/mol. The highest BCUT2D eigenvalue weighted by Gasteiger charge is 2.35. The van der Waals surface area contributed by atoms with Gasteiger partial charge in [0.2, 0.25) is 0 Å². The lowest BCUT2D eigenvalue weighted by atomic mass is 9.95. The number of methoxy groups -OCH3 is 1. The number of carbonyl (C=O) groups excluding carboxylic acids is 2. The number of hydrogen-bond donors (Lipinski definition) is 2. The molecule has 1 heterocycles. The number of carbonyl (C=O) groups is 2. The molecule has 0 saturated heterocycles. The van der Waals surface area contributed by atoms with Crippen molar-refractivity contribution < 1.29 is 22.7 Å². The molecule has 1 atom stereocenters. The van der Waals surface area contributed by atoms with Crippen molar-refractivity contribution in [3.8, 4) is 0 Å². The molecule has 2 amide bonds. The Balaban J connectivity index is 2.11. The van der Waals surface area contributed by atoms with Crippen molar-refractivity contribution in [3.05, 3.63) is 76.0 Å². The molecule has 2 aromatic rings. The molecule has 1 aliphatic rings. The number of ether oxygens (including phenoxy) is 1. The van der Waals surface area contributed by atoms with Gasteiger partial charge in [0.25, 0.3) is 0 Å². The summed E-state index contributed by atoms with van der Waals surface area (Å²) < 4.78 is 31.2. The minimum Gasteiger partial charge on any atom is -0.466 e. The summed E-state index contributed by atoms with van der Waals surface area (Å²) in [5.41, 5.74) is 3.28. The van der Waals surface area contributed by atoms with Crippen LogP contribution in [0.15, 0.2) is 58.6 Å². The van der Waals surface area contributed by atoms with Crippen molar-refractivity contribution in [2.24, 2.45) is 0 Å². The summed E-state index contributed by atoms with van der Waals surface area (Å²) in [5.74, 6) is -1.24. The van der Waals surface area contributed by atoms with Crippen LogP contribution in [0.5, 0.6) is 0 Å². The van der Waals surface area contributed by atoms with E-state index < -0.39 is 33.6 Å². The number of amides is 2. The smallest absolute Gasteiger partial charge is 0.338 e. The molecule has 0 aliphatic carbocycles. The first-order chi connectivity index (χ1) is 14.1. The molecule has 0 bridgehead atoms. The van der Waals surface area contributed by atoms with E-state index in [1.165, 1.54) is 7.11 Å². The Hall–Kier alpha value is -3.13. The summed E-state index contributed by atoms with van der Waals surface area (Å²) in [6.45, 7) is 5.51. The molecule has 8 heteroatoms. The molecule has 0 radical (unpaired) electrons. The zero-order valence-corrected chi connectivity index (χ0v) is 18.1.